The van der Waals surface area contributed by atoms with Gasteiger partial charge in [-0.25, -0.2) is 19.6 Å². The summed E-state index contributed by atoms with van der Waals surface area (Å²) in [6, 6.07) is 10.2. The Hall–Kier alpha value is -3.02. The standard InChI is InChI=1S/C21H21BrClN3O5S2.C21H23BrClN3O3S2/c1-21(2,3)31-20(27)25(10-11-5-4-8-32-11)13-9-14(23)24-16-15(22)19(33-18(13)16)17-12(26(28)29)6-7-30-17;1-21(2,3)29-20(27)26(10-11-5-4-8-30-11)13-9-14(23)25-16-15(22)19(31-18(13)16)17-12(24)6-7-28-17/h4-5,8-9,12,17H,6-7,10H2,1-3H3;4-5,8-9,12,17H,6-7,10,24H2,1-3H3. The number of carbonyl (C=O) groups is 2. The number of fused-ring (bicyclic) bond motifs is 2. The molecule has 0 radical (unpaired) electrons. The number of nitro groups is 1. The van der Waals surface area contributed by atoms with Gasteiger partial charge in [0, 0.05) is 45.9 Å². The normalized spacial score (nSPS) is 18.9. The number of halogens is 4. The van der Waals surface area contributed by atoms with E-state index >= 15 is 0 Å². The van der Waals surface area contributed by atoms with E-state index in [4.69, 9.17) is 47.9 Å². The second-order valence-electron chi connectivity index (χ2n) is 16.8. The largest absolute Gasteiger partial charge is 0.443 e. The fourth-order valence-corrected chi connectivity index (χ4v) is 13.0. The van der Waals surface area contributed by atoms with Gasteiger partial charge in [0.15, 0.2) is 6.10 Å². The van der Waals surface area contributed by atoms with E-state index in [9.17, 15) is 19.7 Å². The number of hydrogen-bond acceptors (Lipinski definition) is 15. The zero-order chi connectivity index (χ0) is 46.2. The van der Waals surface area contributed by atoms with Gasteiger partial charge in [-0.15, -0.1) is 45.3 Å². The molecule has 0 aliphatic carbocycles. The maximum Gasteiger partial charge on any atom is 0.415 e. The van der Waals surface area contributed by atoms with Gasteiger partial charge < -0.3 is 24.7 Å². The van der Waals surface area contributed by atoms with Gasteiger partial charge >= 0.3 is 12.2 Å². The van der Waals surface area contributed by atoms with E-state index in [0.717, 1.165) is 30.2 Å². The van der Waals surface area contributed by atoms with E-state index in [-0.39, 0.29) is 28.8 Å². The number of nitrogens with zero attached hydrogens (tertiary/aromatic N) is 5. The van der Waals surface area contributed by atoms with E-state index in [1.54, 1.807) is 49.1 Å². The van der Waals surface area contributed by atoms with Crippen molar-refractivity contribution in [3.63, 3.8) is 0 Å². The maximum atomic E-state index is 13.3. The Morgan fingerprint density at radius 1 is 0.812 bits per heavy atom. The lowest BCUT2D eigenvalue weighted by molar-refractivity contribution is -0.528. The lowest BCUT2D eigenvalue weighted by atomic mass is 10.1. The van der Waals surface area contributed by atoms with Crippen LogP contribution in [0.25, 0.3) is 20.4 Å². The molecule has 6 aromatic rings. The number of carbonyl (C=O) groups excluding carboxylic acids is 2. The minimum Gasteiger partial charge on any atom is -0.443 e. The molecule has 2 N–H and O–H groups in total. The molecular formula is C42H44Br2Cl2N6O8S4. The molecule has 0 aromatic carbocycles. The second kappa shape index (κ2) is 20.1. The summed E-state index contributed by atoms with van der Waals surface area (Å²) in [5.41, 5.74) is 7.33. The zero-order valence-electron chi connectivity index (χ0n) is 35.4. The highest BCUT2D eigenvalue weighted by Gasteiger charge is 2.42. The van der Waals surface area contributed by atoms with Crippen LogP contribution in [0.3, 0.4) is 0 Å². The summed E-state index contributed by atoms with van der Waals surface area (Å²) in [5.74, 6) is 0. The number of ether oxygens (including phenoxy) is 4. The van der Waals surface area contributed by atoms with Crippen molar-refractivity contribution >= 4 is 144 Å². The van der Waals surface area contributed by atoms with E-state index < -0.39 is 35.5 Å². The molecule has 22 heteroatoms. The molecule has 2 fully saturated rings. The molecule has 64 heavy (non-hydrogen) atoms. The molecule has 4 unspecified atom stereocenters. The first-order valence-electron chi connectivity index (χ1n) is 19.9. The molecule has 2 saturated heterocycles. The predicted molar refractivity (Wildman–Crippen MR) is 264 cm³/mol. The van der Waals surface area contributed by atoms with Crippen LogP contribution >= 0.6 is 100 Å². The number of thiophene rings is 4. The van der Waals surface area contributed by atoms with Crippen LogP contribution in [-0.2, 0) is 32.0 Å². The Kier molecular flexibility index (Phi) is 15.3. The van der Waals surface area contributed by atoms with Crippen molar-refractivity contribution in [1.82, 2.24) is 9.97 Å². The average Bonchev–Trinajstić information content (AvgIpc) is 4.07. The van der Waals surface area contributed by atoms with Crippen molar-refractivity contribution in [2.75, 3.05) is 23.0 Å². The number of amides is 2. The van der Waals surface area contributed by atoms with E-state index in [2.05, 4.69) is 41.8 Å². The van der Waals surface area contributed by atoms with Crippen LogP contribution in [0.5, 0.6) is 0 Å². The van der Waals surface area contributed by atoms with Gasteiger partial charge in [0.2, 0.25) is 6.04 Å². The Labute approximate surface area is 412 Å². The molecule has 342 valence electrons. The summed E-state index contributed by atoms with van der Waals surface area (Å²) in [5, 5.41) is 16.0. The van der Waals surface area contributed by atoms with Gasteiger partial charge in [0.1, 0.15) is 27.6 Å². The van der Waals surface area contributed by atoms with Gasteiger partial charge in [-0.2, -0.15) is 0 Å². The summed E-state index contributed by atoms with van der Waals surface area (Å²) < 4.78 is 25.9. The van der Waals surface area contributed by atoms with E-state index in [1.165, 1.54) is 38.9 Å². The summed E-state index contributed by atoms with van der Waals surface area (Å²) in [6.07, 6.45) is -0.744. The minimum atomic E-state index is -0.846. The average molecular weight is 1120 g/mol. The molecule has 4 atom stereocenters. The Morgan fingerprint density at radius 3 is 1.64 bits per heavy atom. The van der Waals surface area contributed by atoms with Crippen LogP contribution in [0.15, 0.2) is 56.1 Å². The van der Waals surface area contributed by atoms with Crippen molar-refractivity contribution < 1.29 is 33.5 Å². The molecular weight excluding hydrogens is 1080 g/mol. The van der Waals surface area contributed by atoms with Crippen LogP contribution in [0.1, 0.15) is 86.1 Å². The molecule has 2 amide bonds. The summed E-state index contributed by atoms with van der Waals surface area (Å²) in [4.78, 5) is 53.4. The monoisotopic (exact) mass is 1120 g/mol. The van der Waals surface area contributed by atoms with E-state index in [1.807, 2.05) is 55.8 Å². The van der Waals surface area contributed by atoms with Gasteiger partial charge in [0.25, 0.3) is 0 Å². The van der Waals surface area contributed by atoms with Crippen LogP contribution in [-0.4, -0.2) is 63.6 Å². The third-order valence-electron chi connectivity index (χ3n) is 9.70. The maximum absolute atomic E-state index is 13.3. The fraction of sp³-hybridized carbons (Fsp3) is 0.429. The van der Waals surface area contributed by atoms with Crippen LogP contribution in [0.4, 0.5) is 21.0 Å². The van der Waals surface area contributed by atoms with Crippen molar-refractivity contribution in [2.24, 2.45) is 5.73 Å². The number of nitrogens with two attached hydrogens (primary N) is 1. The first kappa shape index (κ1) is 48.9. The number of rotatable bonds is 9. The van der Waals surface area contributed by atoms with Gasteiger partial charge in [-0.1, -0.05) is 35.3 Å². The topological polar surface area (TPSA) is 172 Å². The van der Waals surface area contributed by atoms with Crippen LogP contribution in [0, 0.1) is 10.1 Å². The molecule has 14 nitrogen and oxygen atoms in total. The Bertz CT molecular complexity index is 2650. The molecule has 0 bridgehead atoms. The van der Waals surface area contributed by atoms with Gasteiger partial charge in [-0.05, 0) is 103 Å². The van der Waals surface area contributed by atoms with Crippen molar-refractivity contribution in [3.8, 4) is 0 Å². The Morgan fingerprint density at radius 2 is 1.25 bits per heavy atom. The highest BCUT2D eigenvalue weighted by Crippen LogP contribution is 2.49. The molecule has 2 aliphatic heterocycles. The molecule has 8 heterocycles. The lowest BCUT2D eigenvalue weighted by Crippen LogP contribution is -2.36. The third kappa shape index (κ3) is 11.2. The molecule has 0 saturated carbocycles. The second-order valence-corrected chi connectivity index (χ2v) is 23.3. The lowest BCUT2D eigenvalue weighted by Gasteiger charge is -2.27. The highest BCUT2D eigenvalue weighted by atomic mass is 79.9. The first-order chi connectivity index (χ1) is 30.2. The van der Waals surface area contributed by atoms with Crippen molar-refractivity contribution in [2.45, 2.75) is 103 Å². The zero-order valence-corrected chi connectivity index (χ0v) is 43.3. The first-order valence-corrected chi connectivity index (χ1v) is 25.7. The highest BCUT2D eigenvalue weighted by molar-refractivity contribution is 9.11. The molecule has 6 aromatic heterocycles. The summed E-state index contributed by atoms with van der Waals surface area (Å²) in [7, 11) is 0. The van der Waals surface area contributed by atoms with Crippen molar-refractivity contribution in [3.05, 3.63) is 96.0 Å². The third-order valence-corrected chi connectivity index (χ3v) is 16.5. The van der Waals surface area contributed by atoms with Crippen molar-refractivity contribution in [1.29, 1.82) is 0 Å². The predicted octanol–water partition coefficient (Wildman–Crippen LogP) is 13.3. The molecule has 0 spiro atoms. The number of hydrogen-bond donors (Lipinski definition) is 1. The summed E-state index contributed by atoms with van der Waals surface area (Å²) >= 11 is 25.9. The SMILES string of the molecule is CC(C)(C)OC(=O)N(Cc1cccs1)c1cc(Cl)nc2c(Br)c(C3OCCC3N)sc12.CC(C)(C)OC(=O)N(Cc1cccs1)c1cc(Cl)nc2c(Br)c(C3OCCC3[N+](=O)[O-])sc12. The minimum absolute atomic E-state index is 0.0867. The van der Waals surface area contributed by atoms with Crippen LogP contribution in [0.2, 0.25) is 10.3 Å². The number of anilines is 2. The Balaban J connectivity index is 0.000000192. The van der Waals surface area contributed by atoms with E-state index in [0.29, 0.717) is 67.8 Å². The van der Waals surface area contributed by atoms with Crippen LogP contribution < -0.4 is 15.5 Å². The number of pyridine rings is 2. The smallest absolute Gasteiger partial charge is 0.415 e. The van der Waals surface area contributed by atoms with Gasteiger partial charge in [0.05, 0.1) is 70.2 Å². The van der Waals surface area contributed by atoms with Gasteiger partial charge in [-0.3, -0.25) is 19.9 Å². The summed E-state index contributed by atoms with van der Waals surface area (Å²) in [6.45, 7) is 12.5. The quantitative estimate of drug-likeness (QED) is 0.0829. The molecule has 8 rings (SSSR count). The molecule has 2 aliphatic rings. The fourth-order valence-electron chi connectivity index (χ4n) is 6.96. The number of aromatic nitrogens is 2.